The van der Waals surface area contributed by atoms with Crippen LogP contribution in [0.5, 0.6) is 0 Å². The quantitative estimate of drug-likeness (QED) is 0.248. The van der Waals surface area contributed by atoms with E-state index < -0.39 is 0 Å². The molecule has 4 aromatic rings. The van der Waals surface area contributed by atoms with Crippen LogP contribution < -0.4 is 4.57 Å². The van der Waals surface area contributed by atoms with Crippen LogP contribution in [0, 0.1) is 31.6 Å². The van der Waals surface area contributed by atoms with Gasteiger partial charge in [0.05, 0.1) is 12.3 Å². The third-order valence-electron chi connectivity index (χ3n) is 10.5. The molecule has 37 heavy (non-hydrogen) atoms. The Balaban J connectivity index is 1.48. The molecule has 4 aliphatic carbocycles. The van der Waals surface area contributed by atoms with Gasteiger partial charge in [-0.15, -0.1) is 0 Å². The fraction of sp³-hybridized carbons (Fsp3) is 0.472. The van der Waals surface area contributed by atoms with Crippen LogP contribution in [0.25, 0.3) is 32.8 Å². The van der Waals surface area contributed by atoms with Gasteiger partial charge in [0, 0.05) is 13.0 Å². The van der Waals surface area contributed by atoms with E-state index in [2.05, 4.69) is 94.8 Å². The summed E-state index contributed by atoms with van der Waals surface area (Å²) in [6, 6.07) is 19.3. The van der Waals surface area contributed by atoms with Crippen LogP contribution in [-0.2, 0) is 17.9 Å². The zero-order valence-corrected chi connectivity index (χ0v) is 23.5. The lowest BCUT2D eigenvalue weighted by atomic mass is 9.48. The molecule has 1 heteroatoms. The molecule has 190 valence electrons. The van der Waals surface area contributed by atoms with Gasteiger partial charge in [0.25, 0.3) is 0 Å². The van der Waals surface area contributed by atoms with Gasteiger partial charge in [-0.25, -0.2) is 0 Å². The second-order valence-electron chi connectivity index (χ2n) is 14.0. The zero-order valence-electron chi connectivity index (χ0n) is 24.5. The van der Waals surface area contributed by atoms with Crippen LogP contribution in [0.3, 0.4) is 0 Å². The maximum atomic E-state index is 9.23. The van der Waals surface area contributed by atoms with Crippen LogP contribution in [0.1, 0.15) is 83.1 Å². The summed E-state index contributed by atoms with van der Waals surface area (Å²) in [5.41, 5.74) is 8.20. The third-order valence-corrected chi connectivity index (χ3v) is 10.5. The van der Waals surface area contributed by atoms with Crippen molar-refractivity contribution in [2.75, 3.05) is 0 Å². The smallest absolute Gasteiger partial charge is 0.198 e. The van der Waals surface area contributed by atoms with E-state index in [9.17, 15) is 1.37 Å². The molecule has 4 bridgehead atoms. The Morgan fingerprint density at radius 2 is 1.46 bits per heavy atom. The fourth-order valence-corrected chi connectivity index (χ4v) is 8.99. The van der Waals surface area contributed by atoms with E-state index in [0.717, 1.165) is 28.8 Å². The van der Waals surface area contributed by atoms with Crippen molar-refractivity contribution in [3.05, 3.63) is 77.0 Å². The van der Waals surface area contributed by atoms with Gasteiger partial charge in [-0.3, -0.25) is 0 Å². The minimum atomic E-state index is 0.0342. The molecule has 0 N–H and O–H groups in total. The van der Waals surface area contributed by atoms with Crippen LogP contribution in [-0.4, -0.2) is 0 Å². The predicted octanol–water partition coefficient (Wildman–Crippen LogP) is 8.87. The van der Waals surface area contributed by atoms with Crippen molar-refractivity contribution in [3.63, 3.8) is 0 Å². The first kappa shape index (κ1) is 22.3. The zero-order chi connectivity index (χ0) is 26.6. The summed E-state index contributed by atoms with van der Waals surface area (Å²) in [4.78, 5) is 0. The molecule has 0 aliphatic heterocycles. The maximum absolute atomic E-state index is 9.23. The van der Waals surface area contributed by atoms with Crippen molar-refractivity contribution in [1.82, 2.24) is 0 Å². The Morgan fingerprint density at radius 3 is 2.08 bits per heavy atom. The van der Waals surface area contributed by atoms with Crippen molar-refractivity contribution in [2.24, 2.45) is 24.8 Å². The molecule has 0 radical (unpaired) electrons. The van der Waals surface area contributed by atoms with E-state index in [0.29, 0.717) is 11.5 Å². The van der Waals surface area contributed by atoms with Crippen molar-refractivity contribution in [3.8, 4) is 11.3 Å². The number of fused-ring (bicyclic) bond motifs is 2. The molecule has 1 aromatic heterocycles. The molecule has 0 unspecified atom stereocenters. The number of hydrogen-bond acceptors (Lipinski definition) is 0. The Hall–Kier alpha value is -2.67. The van der Waals surface area contributed by atoms with Gasteiger partial charge in [-0.05, 0) is 119 Å². The Kier molecular flexibility index (Phi) is 4.78. The van der Waals surface area contributed by atoms with E-state index in [4.69, 9.17) is 0 Å². The highest BCUT2D eigenvalue weighted by atomic mass is 14.9. The highest BCUT2D eigenvalue weighted by Crippen LogP contribution is 2.61. The minimum absolute atomic E-state index is 0.0342. The molecule has 0 atom stereocenters. The van der Waals surface area contributed by atoms with Crippen molar-refractivity contribution in [1.29, 1.82) is 0 Å². The first-order valence-electron chi connectivity index (χ1n) is 15.0. The largest absolute Gasteiger partial charge is 0.220 e. The van der Waals surface area contributed by atoms with E-state index >= 15 is 0 Å². The van der Waals surface area contributed by atoms with Crippen LogP contribution >= 0.6 is 0 Å². The summed E-state index contributed by atoms with van der Waals surface area (Å²) >= 11 is 0. The molecule has 0 spiro atoms. The number of aromatic nitrogens is 1. The number of hydrogen-bond donors (Lipinski definition) is 0. The SMILES string of the molecule is [2H]c1c(C)[n+](C)c(-c2cc(C(C)(C)C)c3ccccc3c2C)c2ccc(C34CC5CC(CC(C5)C3)C4)cc12. The average Bonchev–Trinajstić information content (AvgIpc) is 2.87. The number of benzene rings is 3. The van der Waals surface area contributed by atoms with E-state index in [1.807, 2.05) is 0 Å². The second kappa shape index (κ2) is 7.92. The standard InChI is InChI=1S/C36H42N/c1-22-13-27-17-28(36-19-24-14-25(20-36)16-26(15-24)21-36)11-12-30(27)34(37(22)6)32-18-33(35(3,4)5)31-10-8-7-9-29(31)23(32)2/h7-13,17-18,24-26H,14-16,19-21H2,1-6H3/q+1/i13D. The summed E-state index contributed by atoms with van der Waals surface area (Å²) in [6.07, 6.45) is 8.49. The number of pyridine rings is 1. The lowest BCUT2D eigenvalue weighted by molar-refractivity contribution is -0.665. The summed E-state index contributed by atoms with van der Waals surface area (Å²) in [5.74, 6) is 2.78. The molecule has 4 saturated carbocycles. The first-order chi connectivity index (χ1) is 18.1. The van der Waals surface area contributed by atoms with Crippen molar-refractivity contribution < 1.29 is 5.94 Å². The highest BCUT2D eigenvalue weighted by Gasteiger charge is 2.51. The lowest BCUT2D eigenvalue weighted by Gasteiger charge is -2.57. The molecule has 0 saturated heterocycles. The number of nitrogens with zero attached hydrogens (tertiary/aromatic N) is 1. The molecule has 3 aromatic carbocycles. The summed E-state index contributed by atoms with van der Waals surface area (Å²) in [6.45, 7) is 11.4. The van der Waals surface area contributed by atoms with Gasteiger partial charge in [-0.2, -0.15) is 4.57 Å². The topological polar surface area (TPSA) is 3.88 Å². The summed E-state index contributed by atoms with van der Waals surface area (Å²) in [7, 11) is 2.15. The molecule has 8 rings (SSSR count). The van der Waals surface area contributed by atoms with Gasteiger partial charge in [-0.1, -0.05) is 57.2 Å². The number of aryl methyl sites for hydroxylation is 1. The predicted molar refractivity (Wildman–Crippen MR) is 156 cm³/mol. The molecule has 1 heterocycles. The fourth-order valence-electron chi connectivity index (χ4n) is 8.99. The Labute approximate surface area is 224 Å². The van der Waals surface area contributed by atoms with E-state index in [1.54, 1.807) is 0 Å². The molecule has 0 amide bonds. The summed E-state index contributed by atoms with van der Waals surface area (Å²) in [5, 5.41) is 5.04. The minimum Gasteiger partial charge on any atom is -0.198 e. The van der Waals surface area contributed by atoms with Gasteiger partial charge in [0.15, 0.2) is 5.69 Å². The lowest BCUT2D eigenvalue weighted by Crippen LogP contribution is -2.48. The van der Waals surface area contributed by atoms with Gasteiger partial charge >= 0.3 is 0 Å². The van der Waals surface area contributed by atoms with E-state index in [1.165, 1.54) is 82.6 Å². The summed E-state index contributed by atoms with van der Waals surface area (Å²) < 4.78 is 11.5. The van der Waals surface area contributed by atoms with E-state index in [-0.39, 0.29) is 5.41 Å². The Bertz CT molecular complexity index is 1580. The monoisotopic (exact) mass is 489 g/mol. The first-order valence-corrected chi connectivity index (χ1v) is 14.5. The van der Waals surface area contributed by atoms with Gasteiger partial charge < -0.3 is 0 Å². The van der Waals surface area contributed by atoms with Crippen molar-refractivity contribution in [2.45, 2.75) is 84.0 Å². The highest BCUT2D eigenvalue weighted by molar-refractivity contribution is 6.00. The van der Waals surface area contributed by atoms with Crippen LogP contribution in [0.4, 0.5) is 0 Å². The van der Waals surface area contributed by atoms with Crippen LogP contribution in [0.2, 0.25) is 0 Å². The van der Waals surface area contributed by atoms with Crippen molar-refractivity contribution >= 4 is 21.5 Å². The van der Waals surface area contributed by atoms with Gasteiger partial charge in [0.1, 0.15) is 7.05 Å². The Morgan fingerprint density at radius 1 is 0.838 bits per heavy atom. The normalized spacial score (nSPS) is 27.3. The molecular weight excluding hydrogens is 446 g/mol. The van der Waals surface area contributed by atoms with Crippen LogP contribution in [0.15, 0.2) is 54.6 Å². The van der Waals surface area contributed by atoms with Gasteiger partial charge in [0.2, 0.25) is 5.69 Å². The molecule has 1 nitrogen and oxygen atoms in total. The molecular formula is C36H42N+. The maximum Gasteiger partial charge on any atom is 0.220 e. The average molecular weight is 490 g/mol. The molecule has 4 fully saturated rings. The second-order valence-corrected chi connectivity index (χ2v) is 14.0. The molecule has 4 aliphatic rings. The third kappa shape index (κ3) is 3.53. The number of rotatable bonds is 2.